The lowest BCUT2D eigenvalue weighted by Gasteiger charge is -1.95. The van der Waals surface area contributed by atoms with Gasteiger partial charge >= 0.3 is 0 Å². The summed E-state index contributed by atoms with van der Waals surface area (Å²) >= 11 is 0. The highest BCUT2D eigenvalue weighted by atomic mass is 13.9. The first-order chi connectivity index (χ1) is 5.66. The third-order valence-electron chi connectivity index (χ3n) is 1.63. The molecule has 0 spiro atoms. The molecule has 0 fully saturated rings. The van der Waals surface area contributed by atoms with Crippen molar-refractivity contribution < 1.29 is 0 Å². The molecule has 0 aliphatic carbocycles. The SMILES string of the molecule is C/[C]=C\C=C(/C)CCC=C(C)C. The monoisotopic (exact) mass is 163 g/mol. The second-order valence-corrected chi connectivity index (χ2v) is 3.29. The molecule has 0 heterocycles. The van der Waals surface area contributed by atoms with E-state index in [9.17, 15) is 0 Å². The molecule has 12 heavy (non-hydrogen) atoms. The van der Waals surface area contributed by atoms with Gasteiger partial charge in [0.25, 0.3) is 0 Å². The molecule has 0 N–H and O–H groups in total. The molecule has 67 valence electrons. The molecule has 0 aliphatic rings. The van der Waals surface area contributed by atoms with E-state index in [2.05, 4.69) is 39.0 Å². The van der Waals surface area contributed by atoms with Gasteiger partial charge in [-0.2, -0.15) is 0 Å². The van der Waals surface area contributed by atoms with E-state index < -0.39 is 0 Å². The fourth-order valence-corrected chi connectivity index (χ4v) is 0.897. The second-order valence-electron chi connectivity index (χ2n) is 3.29. The van der Waals surface area contributed by atoms with Gasteiger partial charge in [-0.05, 0) is 46.6 Å². The number of hydrogen-bond donors (Lipinski definition) is 0. The number of hydrogen-bond acceptors (Lipinski definition) is 0. The van der Waals surface area contributed by atoms with Crippen molar-refractivity contribution in [3.8, 4) is 0 Å². The minimum Gasteiger partial charge on any atom is -0.0856 e. The Morgan fingerprint density at radius 2 is 1.92 bits per heavy atom. The topological polar surface area (TPSA) is 0 Å². The lowest BCUT2D eigenvalue weighted by molar-refractivity contribution is 0.967. The van der Waals surface area contributed by atoms with Crippen LogP contribution in [0.5, 0.6) is 0 Å². The van der Waals surface area contributed by atoms with Crippen LogP contribution in [0.25, 0.3) is 0 Å². The molecule has 0 amide bonds. The molecular weight excluding hydrogens is 144 g/mol. The normalized spacial score (nSPS) is 12.2. The maximum atomic E-state index is 2.98. The molecule has 0 atom stereocenters. The van der Waals surface area contributed by atoms with Gasteiger partial charge in [0.2, 0.25) is 0 Å². The van der Waals surface area contributed by atoms with Crippen molar-refractivity contribution in [3.63, 3.8) is 0 Å². The van der Waals surface area contributed by atoms with Crippen LogP contribution in [-0.2, 0) is 0 Å². The molecule has 0 heteroatoms. The van der Waals surface area contributed by atoms with Gasteiger partial charge in [-0.3, -0.25) is 0 Å². The van der Waals surface area contributed by atoms with Crippen LogP contribution in [0.15, 0.2) is 29.4 Å². The summed E-state index contributed by atoms with van der Waals surface area (Å²) in [7, 11) is 0. The fourth-order valence-electron chi connectivity index (χ4n) is 0.897. The summed E-state index contributed by atoms with van der Waals surface area (Å²) < 4.78 is 0. The molecule has 0 bridgehead atoms. The van der Waals surface area contributed by atoms with Crippen molar-refractivity contribution >= 4 is 0 Å². The van der Waals surface area contributed by atoms with Gasteiger partial charge in [-0.25, -0.2) is 0 Å². The first-order valence-electron chi connectivity index (χ1n) is 4.46. The predicted molar refractivity (Wildman–Crippen MR) is 55.9 cm³/mol. The summed E-state index contributed by atoms with van der Waals surface area (Å²) in [6, 6.07) is 0. The highest BCUT2D eigenvalue weighted by molar-refractivity contribution is 5.09. The first-order valence-corrected chi connectivity index (χ1v) is 4.46. The van der Waals surface area contributed by atoms with Gasteiger partial charge in [0.1, 0.15) is 0 Å². The zero-order valence-corrected chi connectivity index (χ0v) is 8.65. The second kappa shape index (κ2) is 6.90. The third kappa shape index (κ3) is 7.33. The van der Waals surface area contributed by atoms with Crippen LogP contribution in [0.1, 0.15) is 40.5 Å². The van der Waals surface area contributed by atoms with E-state index in [1.165, 1.54) is 11.1 Å². The molecule has 0 aromatic heterocycles. The summed E-state index contributed by atoms with van der Waals surface area (Å²) in [4.78, 5) is 0. The Hall–Kier alpha value is -0.780. The molecule has 0 aliphatic heterocycles. The highest BCUT2D eigenvalue weighted by Crippen LogP contribution is 2.06. The zero-order valence-electron chi connectivity index (χ0n) is 8.65. The third-order valence-corrected chi connectivity index (χ3v) is 1.63. The Kier molecular flexibility index (Phi) is 6.45. The molecule has 0 unspecified atom stereocenters. The van der Waals surface area contributed by atoms with Gasteiger partial charge in [-0.15, -0.1) is 0 Å². The van der Waals surface area contributed by atoms with Crippen molar-refractivity contribution in [1.29, 1.82) is 0 Å². The van der Waals surface area contributed by atoms with Gasteiger partial charge in [0, 0.05) is 0 Å². The highest BCUT2D eigenvalue weighted by Gasteiger charge is 1.85. The summed E-state index contributed by atoms with van der Waals surface area (Å²) in [6.07, 6.45) is 11.7. The standard InChI is InChI=1S/C12H19/c1-5-6-9-12(4)10-7-8-11(2)3/h6,8-9H,7,10H2,1-4H3/b6-5?,12-9+. The van der Waals surface area contributed by atoms with Crippen molar-refractivity contribution in [3.05, 3.63) is 35.5 Å². The Morgan fingerprint density at radius 1 is 1.25 bits per heavy atom. The Morgan fingerprint density at radius 3 is 2.42 bits per heavy atom. The van der Waals surface area contributed by atoms with Crippen molar-refractivity contribution in [1.82, 2.24) is 0 Å². The largest absolute Gasteiger partial charge is 0.0856 e. The van der Waals surface area contributed by atoms with Crippen molar-refractivity contribution in [2.24, 2.45) is 0 Å². The fraction of sp³-hybridized carbons (Fsp3) is 0.500. The van der Waals surface area contributed by atoms with Crippen molar-refractivity contribution in [2.45, 2.75) is 40.5 Å². The maximum absolute atomic E-state index is 2.98. The minimum atomic E-state index is 1.15. The van der Waals surface area contributed by atoms with Gasteiger partial charge < -0.3 is 0 Å². The summed E-state index contributed by atoms with van der Waals surface area (Å²) in [6.45, 7) is 8.35. The van der Waals surface area contributed by atoms with E-state index in [0.717, 1.165) is 12.8 Å². The van der Waals surface area contributed by atoms with Crippen LogP contribution >= 0.6 is 0 Å². The number of allylic oxidation sites excluding steroid dienone is 6. The van der Waals surface area contributed by atoms with E-state index >= 15 is 0 Å². The van der Waals surface area contributed by atoms with Crippen LogP contribution in [-0.4, -0.2) is 0 Å². The van der Waals surface area contributed by atoms with Crippen molar-refractivity contribution in [2.75, 3.05) is 0 Å². The van der Waals surface area contributed by atoms with Gasteiger partial charge in [-0.1, -0.05) is 29.4 Å². The molecule has 0 saturated heterocycles. The molecule has 0 nitrogen and oxygen atoms in total. The summed E-state index contributed by atoms with van der Waals surface area (Å²) in [5, 5.41) is 0. The van der Waals surface area contributed by atoms with Crippen LogP contribution < -0.4 is 0 Å². The molecular formula is C12H19. The van der Waals surface area contributed by atoms with E-state index in [0.29, 0.717) is 0 Å². The average molecular weight is 163 g/mol. The number of rotatable bonds is 4. The van der Waals surface area contributed by atoms with Gasteiger partial charge in [0.05, 0.1) is 0 Å². The maximum Gasteiger partial charge on any atom is -0.0285 e. The molecule has 0 saturated carbocycles. The lowest BCUT2D eigenvalue weighted by Crippen LogP contribution is -1.75. The smallest absolute Gasteiger partial charge is 0.0285 e. The average Bonchev–Trinajstić information content (AvgIpc) is 2.00. The molecule has 0 rings (SSSR count). The van der Waals surface area contributed by atoms with Gasteiger partial charge in [0.15, 0.2) is 0 Å². The molecule has 1 radical (unpaired) electrons. The van der Waals surface area contributed by atoms with Crippen LogP contribution in [0, 0.1) is 6.08 Å². The van der Waals surface area contributed by atoms with E-state index in [4.69, 9.17) is 0 Å². The predicted octanol–water partition coefficient (Wildman–Crippen LogP) is 4.06. The zero-order chi connectivity index (χ0) is 9.40. The Balaban J connectivity index is 3.71. The quantitative estimate of drug-likeness (QED) is 0.433. The minimum absolute atomic E-state index is 1.15. The van der Waals surface area contributed by atoms with Crippen LogP contribution in [0.3, 0.4) is 0 Å². The lowest BCUT2D eigenvalue weighted by atomic mass is 10.1. The Bertz CT molecular complexity index is 188. The van der Waals surface area contributed by atoms with Crippen LogP contribution in [0.2, 0.25) is 0 Å². The Labute approximate surface area is 76.7 Å². The van der Waals surface area contributed by atoms with E-state index in [1.807, 2.05) is 13.0 Å². The van der Waals surface area contributed by atoms with Crippen LogP contribution in [0.4, 0.5) is 0 Å². The van der Waals surface area contributed by atoms with E-state index in [1.54, 1.807) is 0 Å². The summed E-state index contributed by atoms with van der Waals surface area (Å²) in [5.74, 6) is 0. The molecule has 0 aromatic rings. The first kappa shape index (κ1) is 11.2. The summed E-state index contributed by atoms with van der Waals surface area (Å²) in [5.41, 5.74) is 2.82. The van der Waals surface area contributed by atoms with E-state index in [-0.39, 0.29) is 0 Å². The molecule has 0 aromatic carbocycles.